The van der Waals surface area contributed by atoms with Gasteiger partial charge in [0.05, 0.1) is 12.4 Å². The molecule has 0 spiro atoms. The molecule has 1 aliphatic heterocycles. The second-order valence-corrected chi connectivity index (χ2v) is 5.90. The molecule has 3 heterocycles. The number of hydrogen-bond acceptors (Lipinski definition) is 8. The highest BCUT2D eigenvalue weighted by molar-refractivity contribution is 5.84. The number of nitrogens with one attached hydrogen (secondary N) is 1. The van der Waals surface area contributed by atoms with Gasteiger partial charge in [-0.1, -0.05) is 0 Å². The molecule has 24 heavy (non-hydrogen) atoms. The zero-order valence-corrected chi connectivity index (χ0v) is 13.6. The molecule has 0 aliphatic carbocycles. The van der Waals surface area contributed by atoms with E-state index in [9.17, 15) is 4.79 Å². The number of nitrogen functional groups attached to an aromatic ring is 1. The number of carbonyl (C=O) groups is 1. The molecule has 0 amide bonds. The third-order valence-corrected chi connectivity index (χ3v) is 3.86. The van der Waals surface area contributed by atoms with Gasteiger partial charge in [-0.3, -0.25) is 9.36 Å². The van der Waals surface area contributed by atoms with E-state index in [1.807, 2.05) is 0 Å². The van der Waals surface area contributed by atoms with E-state index in [2.05, 4.69) is 20.3 Å². The Hall–Kier alpha value is -2.49. The number of ether oxygens (including phenoxy) is 2. The van der Waals surface area contributed by atoms with Crippen LogP contribution < -0.4 is 11.1 Å². The minimum absolute atomic E-state index is 0.00311. The first-order valence-electron chi connectivity index (χ1n) is 7.47. The van der Waals surface area contributed by atoms with Gasteiger partial charge in [-0.25, -0.2) is 9.37 Å². The minimum Gasteiger partial charge on any atom is -0.463 e. The number of nitrogens with zero attached hydrogens (tertiary/aromatic N) is 4. The number of anilines is 2. The van der Waals surface area contributed by atoms with Gasteiger partial charge in [-0.2, -0.15) is 9.97 Å². The lowest BCUT2D eigenvalue weighted by molar-refractivity contribution is -0.146. The number of imidazole rings is 1. The Kier molecular flexibility index (Phi) is 3.99. The monoisotopic (exact) mass is 338 g/mol. The summed E-state index contributed by atoms with van der Waals surface area (Å²) >= 11 is 0. The maximum absolute atomic E-state index is 15.0. The summed E-state index contributed by atoms with van der Waals surface area (Å²) in [5.41, 5.74) is 4.86. The van der Waals surface area contributed by atoms with Crippen LogP contribution in [0.15, 0.2) is 6.33 Å². The van der Waals surface area contributed by atoms with Gasteiger partial charge in [0.25, 0.3) is 0 Å². The molecule has 0 bridgehead atoms. The highest BCUT2D eigenvalue weighted by atomic mass is 19.1. The van der Waals surface area contributed by atoms with E-state index in [1.165, 1.54) is 24.7 Å². The normalized spacial score (nSPS) is 26.7. The Labute approximate surface area is 137 Å². The van der Waals surface area contributed by atoms with E-state index in [0.29, 0.717) is 17.0 Å². The predicted octanol–water partition coefficient (Wildman–Crippen LogP) is 1.03. The van der Waals surface area contributed by atoms with Crippen molar-refractivity contribution in [3.05, 3.63) is 6.33 Å². The number of alkyl halides is 1. The van der Waals surface area contributed by atoms with Crippen molar-refractivity contribution in [1.82, 2.24) is 19.5 Å². The van der Waals surface area contributed by atoms with Crippen molar-refractivity contribution in [3.63, 3.8) is 0 Å². The van der Waals surface area contributed by atoms with E-state index in [0.717, 1.165) is 0 Å². The van der Waals surface area contributed by atoms with Crippen molar-refractivity contribution in [2.75, 3.05) is 24.7 Å². The lowest BCUT2D eigenvalue weighted by atomic mass is 10.0. The maximum Gasteiger partial charge on any atom is 0.302 e. The topological polar surface area (TPSA) is 117 Å². The third kappa shape index (κ3) is 2.84. The molecule has 2 aromatic heterocycles. The summed E-state index contributed by atoms with van der Waals surface area (Å²) in [6.07, 6.45) is 0.0248. The molecule has 0 unspecified atom stereocenters. The lowest BCUT2D eigenvalue weighted by Gasteiger charge is -2.22. The highest BCUT2D eigenvalue weighted by Gasteiger charge is 2.48. The third-order valence-electron chi connectivity index (χ3n) is 3.86. The molecule has 10 heteroatoms. The molecule has 130 valence electrons. The average Bonchev–Trinajstić information content (AvgIpc) is 3.04. The molecule has 0 radical (unpaired) electrons. The fourth-order valence-electron chi connectivity index (χ4n) is 2.86. The largest absolute Gasteiger partial charge is 0.463 e. The second-order valence-electron chi connectivity index (χ2n) is 5.90. The minimum atomic E-state index is -1.68. The summed E-state index contributed by atoms with van der Waals surface area (Å²) in [7, 11) is 1.68. The van der Waals surface area contributed by atoms with E-state index >= 15 is 4.39 Å². The molecule has 3 N–H and O–H groups in total. The van der Waals surface area contributed by atoms with Gasteiger partial charge < -0.3 is 20.5 Å². The van der Waals surface area contributed by atoms with Crippen molar-refractivity contribution in [3.8, 4) is 0 Å². The molecule has 3 rings (SSSR count). The molecular weight excluding hydrogens is 319 g/mol. The first-order valence-corrected chi connectivity index (χ1v) is 7.47. The number of carbonyl (C=O) groups excluding carboxylic acids is 1. The number of nitrogens with two attached hydrogens (primary N) is 1. The summed E-state index contributed by atoms with van der Waals surface area (Å²) in [4.78, 5) is 23.4. The molecule has 9 nitrogen and oxygen atoms in total. The zero-order chi connectivity index (χ0) is 17.5. The van der Waals surface area contributed by atoms with Crippen LogP contribution in [0.1, 0.15) is 26.5 Å². The summed E-state index contributed by atoms with van der Waals surface area (Å²) in [5, 5.41) is 2.88. The van der Waals surface area contributed by atoms with Gasteiger partial charge >= 0.3 is 5.97 Å². The second kappa shape index (κ2) is 5.86. The van der Waals surface area contributed by atoms with Crippen LogP contribution in [-0.4, -0.2) is 50.9 Å². The highest BCUT2D eigenvalue weighted by Crippen LogP contribution is 2.42. The Morgan fingerprint density at radius 2 is 2.38 bits per heavy atom. The van der Waals surface area contributed by atoms with Crippen molar-refractivity contribution in [2.45, 2.75) is 38.3 Å². The molecule has 1 aliphatic rings. The van der Waals surface area contributed by atoms with Crippen molar-refractivity contribution < 1.29 is 18.7 Å². The molecule has 1 saturated heterocycles. The summed E-state index contributed by atoms with van der Waals surface area (Å²) in [5.74, 6) is 0.0600. The predicted molar refractivity (Wildman–Crippen MR) is 84.0 cm³/mol. The first kappa shape index (κ1) is 16.4. The average molecular weight is 338 g/mol. The molecular formula is C14H19FN6O3. The SMILES string of the molecule is CNc1nc(N)nc2c1ncn2[C@@H]1O[C@H](COC(C)=O)C[C@@]1(C)F. The van der Waals surface area contributed by atoms with Gasteiger partial charge in [0.1, 0.15) is 6.61 Å². The van der Waals surface area contributed by atoms with Gasteiger partial charge in [0, 0.05) is 20.4 Å². The van der Waals surface area contributed by atoms with E-state index in [4.69, 9.17) is 15.2 Å². The smallest absolute Gasteiger partial charge is 0.302 e. The number of aromatic nitrogens is 4. The Morgan fingerprint density at radius 3 is 3.04 bits per heavy atom. The summed E-state index contributed by atoms with van der Waals surface area (Å²) < 4.78 is 27.2. The first-order chi connectivity index (χ1) is 11.3. The fourth-order valence-corrected chi connectivity index (χ4v) is 2.86. The van der Waals surface area contributed by atoms with Crippen molar-refractivity contribution >= 4 is 28.9 Å². The number of fused-ring (bicyclic) bond motifs is 1. The number of halogens is 1. The lowest BCUT2D eigenvalue weighted by Crippen LogP contribution is -2.27. The standard InChI is InChI=1S/C14H19FN6O3/c1-7(22)23-5-8-4-14(2,15)12(24-8)21-6-18-9-10(17-3)19-13(16)20-11(9)21/h6,8,12H,4-5H2,1-3H3,(H3,16,17,19,20)/t8-,12+,14+/m0/s1. The van der Waals surface area contributed by atoms with Crippen molar-refractivity contribution in [2.24, 2.45) is 0 Å². The van der Waals surface area contributed by atoms with Crippen molar-refractivity contribution in [1.29, 1.82) is 0 Å². The van der Waals surface area contributed by atoms with Gasteiger partial charge in [-0.05, 0) is 6.92 Å². The van der Waals surface area contributed by atoms with Crippen LogP contribution in [0.5, 0.6) is 0 Å². The van der Waals surface area contributed by atoms with Crippen LogP contribution in [0.25, 0.3) is 11.2 Å². The molecule has 0 saturated carbocycles. The molecule has 3 atom stereocenters. The Bertz CT molecular complexity index is 777. The summed E-state index contributed by atoms with van der Waals surface area (Å²) in [6, 6.07) is 0. The number of esters is 1. The van der Waals surface area contributed by atoms with Crippen LogP contribution >= 0.6 is 0 Å². The Morgan fingerprint density at radius 1 is 1.62 bits per heavy atom. The van der Waals surface area contributed by atoms with Crippen LogP contribution in [0.4, 0.5) is 16.2 Å². The number of rotatable bonds is 4. The van der Waals surface area contributed by atoms with Gasteiger partial charge in [0.2, 0.25) is 5.95 Å². The molecule has 0 aromatic carbocycles. The van der Waals surface area contributed by atoms with Gasteiger partial charge in [-0.15, -0.1) is 0 Å². The molecule has 2 aromatic rings. The van der Waals surface area contributed by atoms with E-state index in [-0.39, 0.29) is 19.0 Å². The molecule has 1 fully saturated rings. The van der Waals surface area contributed by atoms with E-state index in [1.54, 1.807) is 7.05 Å². The quantitative estimate of drug-likeness (QED) is 0.794. The van der Waals surface area contributed by atoms with Crippen LogP contribution in [0.3, 0.4) is 0 Å². The van der Waals surface area contributed by atoms with Crippen LogP contribution in [0.2, 0.25) is 0 Å². The van der Waals surface area contributed by atoms with Gasteiger partial charge in [0.15, 0.2) is 28.9 Å². The summed E-state index contributed by atoms with van der Waals surface area (Å²) in [6.45, 7) is 2.72. The fraction of sp³-hybridized carbons (Fsp3) is 0.571. The zero-order valence-electron chi connectivity index (χ0n) is 13.6. The van der Waals surface area contributed by atoms with Crippen LogP contribution in [-0.2, 0) is 14.3 Å². The number of hydrogen-bond donors (Lipinski definition) is 2. The van der Waals surface area contributed by atoms with E-state index < -0.39 is 24.0 Å². The van der Waals surface area contributed by atoms with Crippen LogP contribution in [0, 0.1) is 0 Å². The Balaban J connectivity index is 1.95. The maximum atomic E-state index is 15.0.